The van der Waals surface area contributed by atoms with E-state index in [0.717, 1.165) is 25.1 Å². The smallest absolute Gasteiger partial charge is 0.0972 e. The standard InChI is InChI=1S/C18H25N3S.2ClH/c1-6-16-11-22-18(20-16)10-15-8-14(4)17(9-13(15)3)19-12-21(5)7-2;;/h8-9,11-12H,6-7,10H2,1-5H3;2*1H/b19-12+;;. The van der Waals surface area contributed by atoms with E-state index in [-0.39, 0.29) is 24.8 Å². The number of nitrogens with zero attached hydrogens (tertiary/aromatic N) is 3. The molecule has 0 spiro atoms. The zero-order valence-corrected chi connectivity index (χ0v) is 17.4. The fraction of sp³-hybridized carbons (Fsp3) is 0.444. The van der Waals surface area contributed by atoms with E-state index in [2.05, 4.69) is 60.1 Å². The molecule has 1 aromatic heterocycles. The van der Waals surface area contributed by atoms with Gasteiger partial charge in [0.2, 0.25) is 0 Å². The van der Waals surface area contributed by atoms with Crippen molar-refractivity contribution in [2.24, 2.45) is 4.99 Å². The maximum Gasteiger partial charge on any atom is 0.0972 e. The van der Waals surface area contributed by atoms with Crippen molar-refractivity contribution in [3.63, 3.8) is 0 Å². The summed E-state index contributed by atoms with van der Waals surface area (Å²) in [6.07, 6.45) is 3.82. The van der Waals surface area contributed by atoms with Crippen LogP contribution >= 0.6 is 36.2 Å². The number of aliphatic imine (C=N–C) groups is 1. The van der Waals surface area contributed by atoms with Crippen LogP contribution in [-0.2, 0) is 12.8 Å². The first-order chi connectivity index (χ1) is 10.5. The summed E-state index contributed by atoms with van der Waals surface area (Å²) < 4.78 is 0. The van der Waals surface area contributed by atoms with Gasteiger partial charge in [0.1, 0.15) is 0 Å². The molecule has 1 aromatic carbocycles. The predicted molar refractivity (Wildman–Crippen MR) is 111 cm³/mol. The van der Waals surface area contributed by atoms with Gasteiger partial charge in [-0.1, -0.05) is 13.0 Å². The average molecular weight is 388 g/mol. The third kappa shape index (κ3) is 6.08. The molecule has 0 aliphatic carbocycles. The number of benzene rings is 1. The summed E-state index contributed by atoms with van der Waals surface area (Å²) in [5, 5.41) is 3.36. The van der Waals surface area contributed by atoms with E-state index < -0.39 is 0 Å². The minimum atomic E-state index is 0. The highest BCUT2D eigenvalue weighted by atomic mass is 35.5. The van der Waals surface area contributed by atoms with Gasteiger partial charge in [0.25, 0.3) is 0 Å². The molecular weight excluding hydrogens is 361 g/mol. The zero-order chi connectivity index (χ0) is 16.1. The molecule has 2 rings (SSSR count). The van der Waals surface area contributed by atoms with E-state index in [1.807, 2.05) is 13.4 Å². The van der Waals surface area contributed by atoms with Crippen LogP contribution < -0.4 is 0 Å². The Hall–Kier alpha value is -1.10. The highest BCUT2D eigenvalue weighted by molar-refractivity contribution is 7.09. The fourth-order valence-electron chi connectivity index (χ4n) is 2.19. The Balaban J connectivity index is 0.00000264. The lowest BCUT2D eigenvalue weighted by Crippen LogP contribution is -2.14. The van der Waals surface area contributed by atoms with Crippen LogP contribution in [0.2, 0.25) is 0 Å². The van der Waals surface area contributed by atoms with Crippen molar-refractivity contribution < 1.29 is 0 Å². The SMILES string of the molecule is CCc1csc(Cc2cc(C)c(/N=C/N(C)CC)cc2C)n1.Cl.Cl. The summed E-state index contributed by atoms with van der Waals surface area (Å²) in [4.78, 5) is 11.3. The predicted octanol–water partition coefficient (Wildman–Crippen LogP) is 5.37. The van der Waals surface area contributed by atoms with Gasteiger partial charge in [-0.05, 0) is 49.9 Å². The molecule has 6 heteroatoms. The molecule has 0 bridgehead atoms. The summed E-state index contributed by atoms with van der Waals surface area (Å²) in [7, 11) is 2.04. The van der Waals surface area contributed by atoms with Crippen LogP contribution in [0, 0.1) is 13.8 Å². The molecule has 0 fully saturated rings. The Kier molecular flexibility index (Phi) is 10.2. The Bertz CT molecular complexity index is 668. The average Bonchev–Trinajstić information content (AvgIpc) is 2.96. The Labute approximate surface area is 162 Å². The second kappa shape index (κ2) is 10.7. The molecule has 2 aromatic rings. The molecule has 0 aliphatic rings. The van der Waals surface area contributed by atoms with E-state index in [9.17, 15) is 0 Å². The molecule has 134 valence electrons. The Morgan fingerprint density at radius 3 is 2.46 bits per heavy atom. The number of rotatable bonds is 6. The molecule has 0 saturated carbocycles. The summed E-state index contributed by atoms with van der Waals surface area (Å²) >= 11 is 1.76. The number of halogens is 2. The molecule has 0 unspecified atom stereocenters. The fourth-order valence-corrected chi connectivity index (χ4v) is 3.09. The van der Waals surface area contributed by atoms with Gasteiger partial charge in [0.05, 0.1) is 22.7 Å². The molecule has 0 amide bonds. The number of hydrogen-bond donors (Lipinski definition) is 0. The first kappa shape index (κ1) is 22.9. The van der Waals surface area contributed by atoms with Crippen molar-refractivity contribution in [3.8, 4) is 0 Å². The lowest BCUT2D eigenvalue weighted by molar-refractivity contribution is 0.552. The van der Waals surface area contributed by atoms with Gasteiger partial charge < -0.3 is 4.90 Å². The first-order valence-electron chi connectivity index (χ1n) is 7.81. The highest BCUT2D eigenvalue weighted by Gasteiger charge is 2.08. The van der Waals surface area contributed by atoms with Crippen molar-refractivity contribution in [2.45, 2.75) is 40.5 Å². The van der Waals surface area contributed by atoms with E-state index in [1.54, 1.807) is 11.3 Å². The number of aromatic nitrogens is 1. The molecule has 3 nitrogen and oxygen atoms in total. The van der Waals surface area contributed by atoms with Gasteiger partial charge in [-0.15, -0.1) is 36.2 Å². The van der Waals surface area contributed by atoms with Gasteiger partial charge in [-0.25, -0.2) is 9.98 Å². The number of thiazole rings is 1. The molecule has 0 N–H and O–H groups in total. The zero-order valence-electron chi connectivity index (χ0n) is 15.0. The topological polar surface area (TPSA) is 28.5 Å². The Morgan fingerprint density at radius 2 is 1.88 bits per heavy atom. The molecule has 24 heavy (non-hydrogen) atoms. The van der Waals surface area contributed by atoms with E-state index in [0.29, 0.717) is 0 Å². The first-order valence-corrected chi connectivity index (χ1v) is 8.69. The maximum absolute atomic E-state index is 4.67. The summed E-state index contributed by atoms with van der Waals surface area (Å²) in [5.74, 6) is 0. The third-order valence-electron chi connectivity index (χ3n) is 3.85. The quantitative estimate of drug-likeness (QED) is 0.492. The monoisotopic (exact) mass is 387 g/mol. The lowest BCUT2D eigenvalue weighted by atomic mass is 10.0. The molecule has 1 heterocycles. The minimum Gasteiger partial charge on any atom is -0.366 e. The molecule has 0 saturated heterocycles. The van der Waals surface area contributed by atoms with Gasteiger partial charge in [-0.3, -0.25) is 0 Å². The Morgan fingerprint density at radius 1 is 1.17 bits per heavy atom. The largest absolute Gasteiger partial charge is 0.366 e. The van der Waals surface area contributed by atoms with Gasteiger partial charge in [0, 0.05) is 25.4 Å². The second-order valence-corrected chi connectivity index (χ2v) is 6.59. The van der Waals surface area contributed by atoms with Gasteiger partial charge >= 0.3 is 0 Å². The molecule has 0 aliphatic heterocycles. The van der Waals surface area contributed by atoms with E-state index >= 15 is 0 Å². The van der Waals surface area contributed by atoms with Crippen molar-refractivity contribution in [3.05, 3.63) is 44.9 Å². The van der Waals surface area contributed by atoms with Crippen molar-refractivity contribution in [2.75, 3.05) is 13.6 Å². The summed E-state index contributed by atoms with van der Waals surface area (Å²) in [6.45, 7) is 9.51. The summed E-state index contributed by atoms with van der Waals surface area (Å²) in [6, 6.07) is 4.43. The number of hydrogen-bond acceptors (Lipinski definition) is 3. The van der Waals surface area contributed by atoms with Crippen molar-refractivity contribution >= 4 is 48.2 Å². The van der Waals surface area contributed by atoms with E-state index in [4.69, 9.17) is 0 Å². The van der Waals surface area contributed by atoms with Crippen molar-refractivity contribution in [1.29, 1.82) is 0 Å². The normalized spacial score (nSPS) is 10.4. The maximum atomic E-state index is 4.67. The van der Waals surface area contributed by atoms with Crippen LogP contribution in [-0.4, -0.2) is 29.8 Å². The van der Waals surface area contributed by atoms with Crippen LogP contribution in [0.5, 0.6) is 0 Å². The van der Waals surface area contributed by atoms with E-state index in [1.165, 1.54) is 27.4 Å². The lowest BCUT2D eigenvalue weighted by Gasteiger charge is -2.11. The number of aryl methyl sites for hydroxylation is 3. The van der Waals surface area contributed by atoms with Gasteiger partial charge in [0.15, 0.2) is 0 Å². The highest BCUT2D eigenvalue weighted by Crippen LogP contribution is 2.25. The van der Waals surface area contributed by atoms with Crippen LogP contribution in [0.4, 0.5) is 5.69 Å². The minimum absolute atomic E-state index is 0. The van der Waals surface area contributed by atoms with Crippen molar-refractivity contribution in [1.82, 2.24) is 9.88 Å². The summed E-state index contributed by atoms with van der Waals surface area (Å²) in [5.41, 5.74) is 6.09. The molecule has 0 radical (unpaired) electrons. The van der Waals surface area contributed by atoms with Crippen LogP contribution in [0.15, 0.2) is 22.5 Å². The molecular formula is C18H27Cl2N3S. The molecule has 0 atom stereocenters. The third-order valence-corrected chi connectivity index (χ3v) is 4.75. The second-order valence-electron chi connectivity index (χ2n) is 5.65. The van der Waals surface area contributed by atoms with Crippen LogP contribution in [0.1, 0.15) is 41.2 Å². The van der Waals surface area contributed by atoms with Crippen LogP contribution in [0.25, 0.3) is 0 Å². The van der Waals surface area contributed by atoms with Gasteiger partial charge in [-0.2, -0.15) is 0 Å². The van der Waals surface area contributed by atoms with Crippen LogP contribution in [0.3, 0.4) is 0 Å².